The van der Waals surface area contributed by atoms with Crippen molar-refractivity contribution in [2.45, 2.75) is 46.1 Å². The summed E-state index contributed by atoms with van der Waals surface area (Å²) < 4.78 is 0. The first kappa shape index (κ1) is 13.5. The lowest BCUT2D eigenvalue weighted by atomic mass is 9.96. The van der Waals surface area contributed by atoms with Crippen LogP contribution in [0.2, 0.25) is 0 Å². The highest BCUT2D eigenvalue weighted by atomic mass is 32.1. The minimum atomic E-state index is 0.821. The Morgan fingerprint density at radius 1 is 1.15 bits per heavy atom. The van der Waals surface area contributed by atoms with Crippen LogP contribution in [0.3, 0.4) is 0 Å². The van der Waals surface area contributed by atoms with Crippen LogP contribution >= 0.6 is 11.3 Å². The van der Waals surface area contributed by atoms with Crippen molar-refractivity contribution >= 4 is 17.2 Å². The average molecular weight is 288 g/mol. The summed E-state index contributed by atoms with van der Waals surface area (Å²) in [4.78, 5) is 16.1. The number of hydrogen-bond acceptors (Lipinski definition) is 5. The molecule has 0 fully saturated rings. The van der Waals surface area contributed by atoms with Gasteiger partial charge < -0.3 is 4.90 Å². The van der Waals surface area contributed by atoms with E-state index in [1.165, 1.54) is 24.1 Å². The Bertz CT molecular complexity index is 620. The fourth-order valence-electron chi connectivity index (χ4n) is 2.76. The van der Waals surface area contributed by atoms with Crippen LogP contribution in [0.1, 0.15) is 40.6 Å². The zero-order valence-corrected chi connectivity index (χ0v) is 13.1. The van der Waals surface area contributed by atoms with Gasteiger partial charge in [0.15, 0.2) is 0 Å². The fraction of sp³-hybridized carbons (Fsp3) is 0.533. The van der Waals surface area contributed by atoms with E-state index in [-0.39, 0.29) is 0 Å². The first-order valence-electron chi connectivity index (χ1n) is 7.12. The number of thiazole rings is 1. The van der Waals surface area contributed by atoms with E-state index in [0.717, 1.165) is 41.7 Å². The quantitative estimate of drug-likeness (QED) is 0.870. The maximum atomic E-state index is 4.68. The van der Waals surface area contributed by atoms with Crippen LogP contribution in [-0.2, 0) is 19.4 Å². The Kier molecular flexibility index (Phi) is 3.70. The number of hydrogen-bond donors (Lipinski definition) is 0. The van der Waals surface area contributed by atoms with Gasteiger partial charge in [-0.15, -0.1) is 11.3 Å². The smallest absolute Gasteiger partial charge is 0.135 e. The second kappa shape index (κ2) is 5.48. The molecule has 106 valence electrons. The van der Waals surface area contributed by atoms with E-state index in [0.29, 0.717) is 0 Å². The van der Waals surface area contributed by atoms with Gasteiger partial charge in [0.2, 0.25) is 0 Å². The maximum absolute atomic E-state index is 4.68. The Labute approximate surface area is 123 Å². The minimum absolute atomic E-state index is 0.821. The number of anilines is 1. The molecule has 0 saturated carbocycles. The summed E-state index contributed by atoms with van der Waals surface area (Å²) in [6.07, 6.45) is 4.69. The predicted octanol–water partition coefficient (Wildman–Crippen LogP) is 3.07. The number of aromatic nitrogens is 3. The first-order valence-corrected chi connectivity index (χ1v) is 8.00. The first-order chi connectivity index (χ1) is 9.63. The molecule has 3 rings (SSSR count). The van der Waals surface area contributed by atoms with E-state index >= 15 is 0 Å². The molecular weight excluding hydrogens is 268 g/mol. The molecule has 0 spiro atoms. The van der Waals surface area contributed by atoms with Crippen LogP contribution in [0, 0.1) is 13.8 Å². The molecule has 4 nitrogen and oxygen atoms in total. The molecule has 0 atom stereocenters. The van der Waals surface area contributed by atoms with Gasteiger partial charge in [-0.05, 0) is 39.5 Å². The largest absolute Gasteiger partial charge is 0.353 e. The van der Waals surface area contributed by atoms with Crippen molar-refractivity contribution in [1.29, 1.82) is 0 Å². The predicted molar refractivity (Wildman–Crippen MR) is 82.4 cm³/mol. The van der Waals surface area contributed by atoms with Crippen molar-refractivity contribution in [1.82, 2.24) is 15.0 Å². The topological polar surface area (TPSA) is 41.9 Å². The molecule has 0 bridgehead atoms. The van der Waals surface area contributed by atoms with Gasteiger partial charge in [-0.3, -0.25) is 0 Å². The van der Waals surface area contributed by atoms with E-state index < -0.39 is 0 Å². The Hall–Kier alpha value is -1.49. The zero-order chi connectivity index (χ0) is 14.1. The molecular formula is C15H20N4S. The number of nitrogens with zero attached hydrogens (tertiary/aromatic N) is 4. The van der Waals surface area contributed by atoms with Crippen molar-refractivity contribution in [3.63, 3.8) is 0 Å². The normalized spacial score (nSPS) is 14.2. The van der Waals surface area contributed by atoms with Crippen molar-refractivity contribution in [3.05, 3.63) is 33.2 Å². The highest BCUT2D eigenvalue weighted by Crippen LogP contribution is 2.28. The molecule has 20 heavy (non-hydrogen) atoms. The van der Waals surface area contributed by atoms with Crippen LogP contribution in [-0.4, -0.2) is 22.0 Å². The van der Waals surface area contributed by atoms with Crippen molar-refractivity contribution in [3.8, 4) is 0 Å². The Morgan fingerprint density at radius 2 is 1.95 bits per heavy atom. The van der Waals surface area contributed by atoms with E-state index in [4.69, 9.17) is 0 Å². The molecule has 1 aliphatic rings. The summed E-state index contributed by atoms with van der Waals surface area (Å²) in [6.45, 7) is 4.85. The zero-order valence-electron chi connectivity index (χ0n) is 12.3. The molecule has 5 heteroatoms. The molecule has 0 unspecified atom stereocenters. The summed E-state index contributed by atoms with van der Waals surface area (Å²) in [5.41, 5.74) is 3.69. The van der Waals surface area contributed by atoms with Crippen LogP contribution in [0.5, 0.6) is 0 Å². The summed E-state index contributed by atoms with van der Waals surface area (Å²) >= 11 is 1.72. The molecule has 0 N–H and O–H groups in total. The Morgan fingerprint density at radius 3 is 2.70 bits per heavy atom. The number of aryl methyl sites for hydroxylation is 3. The van der Waals surface area contributed by atoms with Crippen LogP contribution in [0.15, 0.2) is 5.38 Å². The van der Waals surface area contributed by atoms with Crippen molar-refractivity contribution < 1.29 is 0 Å². The fourth-order valence-corrected chi connectivity index (χ4v) is 3.59. The van der Waals surface area contributed by atoms with Gasteiger partial charge in [0.05, 0.1) is 6.54 Å². The monoisotopic (exact) mass is 288 g/mol. The molecule has 2 aromatic rings. The van der Waals surface area contributed by atoms with E-state index in [9.17, 15) is 0 Å². The standard InChI is InChI=1S/C15H20N4S/c1-10-9-20-14(16-10)8-19(3)15-12-6-4-5-7-13(12)17-11(2)18-15/h9H,4-8H2,1-3H3. The maximum Gasteiger partial charge on any atom is 0.135 e. The summed E-state index contributed by atoms with van der Waals surface area (Å²) in [5, 5.41) is 3.25. The van der Waals surface area contributed by atoms with Gasteiger partial charge in [-0.2, -0.15) is 0 Å². The minimum Gasteiger partial charge on any atom is -0.353 e. The Balaban J connectivity index is 1.90. The number of fused-ring (bicyclic) bond motifs is 1. The van der Waals surface area contributed by atoms with Gasteiger partial charge in [-0.25, -0.2) is 15.0 Å². The third kappa shape index (κ3) is 2.68. The van der Waals surface area contributed by atoms with Gasteiger partial charge in [0, 0.05) is 29.4 Å². The lowest BCUT2D eigenvalue weighted by Crippen LogP contribution is -2.22. The molecule has 1 aliphatic carbocycles. The highest BCUT2D eigenvalue weighted by molar-refractivity contribution is 7.09. The summed E-state index contributed by atoms with van der Waals surface area (Å²) in [5.74, 6) is 1.97. The molecule has 0 aliphatic heterocycles. The molecule has 0 amide bonds. The van der Waals surface area contributed by atoms with E-state index in [1.54, 1.807) is 11.3 Å². The third-order valence-corrected chi connectivity index (χ3v) is 4.63. The summed E-state index contributed by atoms with van der Waals surface area (Å²) in [6, 6.07) is 0. The van der Waals surface area contributed by atoms with Crippen molar-refractivity contribution in [2.75, 3.05) is 11.9 Å². The van der Waals surface area contributed by atoms with E-state index in [1.807, 2.05) is 13.8 Å². The lowest BCUT2D eigenvalue weighted by Gasteiger charge is -2.24. The second-order valence-electron chi connectivity index (χ2n) is 5.47. The molecule has 2 aromatic heterocycles. The third-order valence-electron chi connectivity index (χ3n) is 3.67. The van der Waals surface area contributed by atoms with Gasteiger partial charge in [-0.1, -0.05) is 0 Å². The van der Waals surface area contributed by atoms with Crippen LogP contribution < -0.4 is 4.90 Å². The lowest BCUT2D eigenvalue weighted by molar-refractivity contribution is 0.653. The van der Waals surface area contributed by atoms with Gasteiger partial charge in [0.1, 0.15) is 16.6 Å². The second-order valence-corrected chi connectivity index (χ2v) is 6.41. The molecule has 2 heterocycles. The molecule has 0 radical (unpaired) electrons. The number of rotatable bonds is 3. The SMILES string of the molecule is Cc1csc(CN(C)c2nc(C)nc3c2CCCC3)n1. The van der Waals surface area contributed by atoms with Crippen molar-refractivity contribution in [2.24, 2.45) is 0 Å². The van der Waals surface area contributed by atoms with Gasteiger partial charge >= 0.3 is 0 Å². The van der Waals surface area contributed by atoms with Gasteiger partial charge in [0.25, 0.3) is 0 Å². The summed E-state index contributed by atoms with van der Waals surface area (Å²) in [7, 11) is 2.10. The van der Waals surface area contributed by atoms with Crippen LogP contribution in [0.25, 0.3) is 0 Å². The van der Waals surface area contributed by atoms with E-state index in [2.05, 4.69) is 32.3 Å². The molecule has 0 saturated heterocycles. The van der Waals surface area contributed by atoms with Crippen LogP contribution in [0.4, 0.5) is 5.82 Å². The highest BCUT2D eigenvalue weighted by Gasteiger charge is 2.19. The molecule has 0 aromatic carbocycles. The average Bonchev–Trinajstić information content (AvgIpc) is 2.83.